The van der Waals surface area contributed by atoms with E-state index in [2.05, 4.69) is 54.9 Å². The predicted octanol–water partition coefficient (Wildman–Crippen LogP) is 2.95. The second-order valence-corrected chi connectivity index (χ2v) is 5.66. The van der Waals surface area contributed by atoms with Gasteiger partial charge in [-0.1, -0.05) is 34.9 Å². The second kappa shape index (κ2) is 6.57. The SMILES string of the molecule is Cc1cc(C)cc(C)c1.Cc1cc(N)[n+](N)cc1Br. The first kappa shape index (κ1) is 15.5. The molecular weight excluding hydrogens is 302 g/mol. The molecule has 2 rings (SSSR count). The minimum absolute atomic E-state index is 0.556. The maximum absolute atomic E-state index is 5.51. The average molecular weight is 323 g/mol. The van der Waals surface area contributed by atoms with Crippen LogP contribution in [0.3, 0.4) is 0 Å². The molecule has 4 heteroatoms. The predicted molar refractivity (Wildman–Crippen MR) is 84.3 cm³/mol. The molecule has 0 bridgehead atoms. The first-order chi connectivity index (χ1) is 8.79. The van der Waals surface area contributed by atoms with Gasteiger partial charge in [-0.25, -0.2) is 0 Å². The van der Waals surface area contributed by atoms with Crippen LogP contribution in [0, 0.1) is 27.7 Å². The molecule has 3 nitrogen and oxygen atoms in total. The Morgan fingerprint density at radius 1 is 0.895 bits per heavy atom. The third kappa shape index (κ3) is 4.91. The first-order valence-corrected chi connectivity index (χ1v) is 6.86. The molecule has 0 aliphatic carbocycles. The van der Waals surface area contributed by atoms with Gasteiger partial charge in [-0.05, 0) is 49.2 Å². The van der Waals surface area contributed by atoms with Gasteiger partial charge in [0.2, 0.25) is 0 Å². The zero-order valence-electron chi connectivity index (χ0n) is 11.9. The van der Waals surface area contributed by atoms with Crippen LogP contribution in [0.15, 0.2) is 34.9 Å². The van der Waals surface area contributed by atoms with Crippen molar-refractivity contribution in [3.05, 3.63) is 57.2 Å². The summed E-state index contributed by atoms with van der Waals surface area (Å²) >= 11 is 3.32. The monoisotopic (exact) mass is 322 g/mol. The maximum atomic E-state index is 5.51. The number of aromatic nitrogens is 1. The lowest BCUT2D eigenvalue weighted by Gasteiger charge is -1.98. The Hall–Kier alpha value is -1.55. The van der Waals surface area contributed by atoms with E-state index in [0.717, 1.165) is 10.0 Å². The molecule has 0 unspecified atom stereocenters. The molecule has 0 fully saturated rings. The van der Waals surface area contributed by atoms with Gasteiger partial charge >= 0.3 is 0 Å². The summed E-state index contributed by atoms with van der Waals surface area (Å²) < 4.78 is 2.33. The molecule has 1 aromatic carbocycles. The van der Waals surface area contributed by atoms with E-state index < -0.39 is 0 Å². The number of benzene rings is 1. The quantitative estimate of drug-likeness (QED) is 0.578. The summed E-state index contributed by atoms with van der Waals surface area (Å²) in [5.41, 5.74) is 10.7. The molecule has 0 amide bonds. The van der Waals surface area contributed by atoms with Crippen LogP contribution in [0.25, 0.3) is 0 Å². The molecule has 0 saturated heterocycles. The van der Waals surface area contributed by atoms with Gasteiger partial charge in [0.25, 0.3) is 5.82 Å². The van der Waals surface area contributed by atoms with Gasteiger partial charge in [0.15, 0.2) is 0 Å². The topological polar surface area (TPSA) is 55.9 Å². The van der Waals surface area contributed by atoms with E-state index in [-0.39, 0.29) is 0 Å². The molecule has 0 spiro atoms. The lowest BCUT2D eigenvalue weighted by atomic mass is 10.1. The smallest absolute Gasteiger partial charge is 0.285 e. The third-order valence-electron chi connectivity index (χ3n) is 2.66. The normalized spacial score (nSPS) is 9.74. The average Bonchev–Trinajstić information content (AvgIpc) is 2.25. The summed E-state index contributed by atoms with van der Waals surface area (Å²) in [7, 11) is 0. The number of nitrogens with two attached hydrogens (primary N) is 2. The molecule has 2 aromatic rings. The summed E-state index contributed by atoms with van der Waals surface area (Å²) in [6, 6.07) is 8.37. The maximum Gasteiger partial charge on any atom is 0.295 e. The van der Waals surface area contributed by atoms with Gasteiger partial charge in [0.1, 0.15) is 6.20 Å². The van der Waals surface area contributed by atoms with Gasteiger partial charge < -0.3 is 0 Å². The zero-order valence-corrected chi connectivity index (χ0v) is 13.5. The molecule has 4 N–H and O–H groups in total. The van der Waals surface area contributed by atoms with Crippen LogP contribution in [0.4, 0.5) is 5.82 Å². The fourth-order valence-electron chi connectivity index (χ4n) is 1.87. The molecule has 0 saturated carbocycles. The molecule has 0 radical (unpaired) electrons. The fraction of sp³-hybridized carbons (Fsp3) is 0.267. The number of pyridine rings is 1. The minimum atomic E-state index is 0.556. The lowest BCUT2D eigenvalue weighted by Crippen LogP contribution is -2.46. The van der Waals surface area contributed by atoms with Crippen LogP contribution in [0.2, 0.25) is 0 Å². The standard InChI is InChI=1S/C9H12.C6H8BrN3/c1-7-4-8(2)6-9(3)5-7;1-4-2-6(8)10(9)3-5(4)7/h4-6H,1-3H3;2-3,8H,9H2,1H3/p+1. The Morgan fingerprint density at radius 2 is 1.32 bits per heavy atom. The summed E-state index contributed by atoms with van der Waals surface area (Å²) in [6.45, 7) is 8.33. The number of hydrogen-bond acceptors (Lipinski definition) is 2. The van der Waals surface area contributed by atoms with E-state index in [4.69, 9.17) is 11.6 Å². The highest BCUT2D eigenvalue weighted by molar-refractivity contribution is 9.10. The highest BCUT2D eigenvalue weighted by Crippen LogP contribution is 2.13. The van der Waals surface area contributed by atoms with Crippen LogP contribution >= 0.6 is 15.9 Å². The van der Waals surface area contributed by atoms with Gasteiger partial charge in [-0.2, -0.15) is 0 Å². The third-order valence-corrected chi connectivity index (χ3v) is 3.49. The second-order valence-electron chi connectivity index (χ2n) is 4.80. The van der Waals surface area contributed by atoms with Crippen LogP contribution < -0.4 is 16.3 Å². The highest BCUT2D eigenvalue weighted by atomic mass is 79.9. The van der Waals surface area contributed by atoms with E-state index in [1.54, 1.807) is 6.20 Å². The highest BCUT2D eigenvalue weighted by Gasteiger charge is 2.03. The summed E-state index contributed by atoms with van der Waals surface area (Å²) in [5.74, 6) is 6.01. The van der Waals surface area contributed by atoms with Gasteiger partial charge in [-0.15, -0.1) is 4.68 Å². The molecule has 102 valence electrons. The van der Waals surface area contributed by atoms with Crippen molar-refractivity contribution in [2.45, 2.75) is 27.7 Å². The van der Waals surface area contributed by atoms with Crippen LogP contribution in [-0.4, -0.2) is 0 Å². The molecular formula is C15H21BrN3+. The van der Waals surface area contributed by atoms with E-state index in [1.165, 1.54) is 21.4 Å². The molecule has 0 aliphatic heterocycles. The van der Waals surface area contributed by atoms with Crippen molar-refractivity contribution < 1.29 is 4.68 Å². The van der Waals surface area contributed by atoms with E-state index in [0.29, 0.717) is 5.82 Å². The number of hydrogen-bond donors (Lipinski definition) is 2. The van der Waals surface area contributed by atoms with Crippen molar-refractivity contribution in [1.29, 1.82) is 0 Å². The molecule has 1 heterocycles. The number of nitrogen functional groups attached to an aromatic ring is 2. The van der Waals surface area contributed by atoms with E-state index in [9.17, 15) is 0 Å². The van der Waals surface area contributed by atoms with Crippen molar-refractivity contribution in [3.63, 3.8) is 0 Å². The van der Waals surface area contributed by atoms with Crippen LogP contribution in [0.5, 0.6) is 0 Å². The number of rotatable bonds is 0. The van der Waals surface area contributed by atoms with E-state index >= 15 is 0 Å². The lowest BCUT2D eigenvalue weighted by molar-refractivity contribution is -0.624. The summed E-state index contributed by atoms with van der Waals surface area (Å²) in [6.07, 6.45) is 1.73. The molecule has 19 heavy (non-hydrogen) atoms. The number of aryl methyl sites for hydroxylation is 4. The Labute approximate surface area is 123 Å². The summed E-state index contributed by atoms with van der Waals surface area (Å²) in [5, 5.41) is 0. The Bertz CT molecular complexity index is 479. The number of nitrogens with zero attached hydrogens (tertiary/aromatic N) is 1. The summed E-state index contributed by atoms with van der Waals surface area (Å²) in [4.78, 5) is 0. The van der Waals surface area contributed by atoms with Crippen LogP contribution in [0.1, 0.15) is 22.3 Å². The zero-order chi connectivity index (χ0) is 14.6. The van der Waals surface area contributed by atoms with Crippen molar-refractivity contribution in [2.24, 2.45) is 0 Å². The Balaban J connectivity index is 0.000000191. The van der Waals surface area contributed by atoms with Crippen LogP contribution in [-0.2, 0) is 0 Å². The largest absolute Gasteiger partial charge is 0.295 e. The molecule has 0 atom stereocenters. The van der Waals surface area contributed by atoms with Gasteiger partial charge in [-0.3, -0.25) is 11.6 Å². The van der Waals surface area contributed by atoms with E-state index in [1.807, 2.05) is 13.0 Å². The van der Waals surface area contributed by atoms with Crippen molar-refractivity contribution in [2.75, 3.05) is 11.6 Å². The van der Waals surface area contributed by atoms with Gasteiger partial charge in [0, 0.05) is 6.07 Å². The fourth-order valence-corrected chi connectivity index (χ4v) is 2.20. The molecule has 0 aliphatic rings. The first-order valence-electron chi connectivity index (χ1n) is 6.07. The van der Waals surface area contributed by atoms with Crippen molar-refractivity contribution in [3.8, 4) is 0 Å². The number of halogens is 1. The Kier molecular flexibility index (Phi) is 5.36. The van der Waals surface area contributed by atoms with Crippen molar-refractivity contribution >= 4 is 21.7 Å². The molecule has 1 aromatic heterocycles. The van der Waals surface area contributed by atoms with Gasteiger partial charge in [0.05, 0.1) is 4.47 Å². The minimum Gasteiger partial charge on any atom is -0.285 e. The van der Waals surface area contributed by atoms with Crippen molar-refractivity contribution in [1.82, 2.24) is 0 Å². The Morgan fingerprint density at radius 3 is 1.68 bits per heavy atom. The number of anilines is 1.